The average molecular weight is 301 g/mol. The third kappa shape index (κ3) is 4.41. The van der Waals surface area contributed by atoms with E-state index in [4.69, 9.17) is 4.84 Å². The Balaban J connectivity index is 1.93. The van der Waals surface area contributed by atoms with Crippen LogP contribution in [0, 0.1) is 5.92 Å². The first kappa shape index (κ1) is 16.2. The average Bonchev–Trinajstić information content (AvgIpc) is 2.95. The highest BCUT2D eigenvalue weighted by Crippen LogP contribution is 2.17. The predicted molar refractivity (Wildman–Crippen MR) is 86.5 cm³/mol. The van der Waals surface area contributed by atoms with Crippen molar-refractivity contribution < 1.29 is 9.63 Å². The van der Waals surface area contributed by atoms with Crippen molar-refractivity contribution in [3.05, 3.63) is 42.7 Å². The molecule has 2 heterocycles. The van der Waals surface area contributed by atoms with Gasteiger partial charge in [-0.15, -0.1) is 6.58 Å². The van der Waals surface area contributed by atoms with E-state index in [2.05, 4.69) is 16.7 Å². The SMILES string of the molecule is C=CCN(C[C@@H]1CC(c2ccccn2)=NO1)C(=O)CC(C)C. The maximum Gasteiger partial charge on any atom is 0.223 e. The van der Waals surface area contributed by atoms with E-state index in [1.165, 1.54) is 0 Å². The third-order valence-electron chi connectivity index (χ3n) is 3.40. The lowest BCUT2D eigenvalue weighted by Crippen LogP contribution is -2.38. The second kappa shape index (κ2) is 7.73. The van der Waals surface area contributed by atoms with Gasteiger partial charge in [0.2, 0.25) is 5.91 Å². The molecule has 1 aromatic rings. The minimum Gasteiger partial charge on any atom is -0.390 e. The highest BCUT2D eigenvalue weighted by atomic mass is 16.6. The lowest BCUT2D eigenvalue weighted by Gasteiger charge is -2.24. The molecule has 1 aromatic heterocycles. The van der Waals surface area contributed by atoms with Crippen LogP contribution >= 0.6 is 0 Å². The van der Waals surface area contributed by atoms with Gasteiger partial charge in [0.15, 0.2) is 6.10 Å². The van der Waals surface area contributed by atoms with Gasteiger partial charge in [0.05, 0.1) is 12.2 Å². The van der Waals surface area contributed by atoms with Gasteiger partial charge in [-0.1, -0.05) is 31.1 Å². The van der Waals surface area contributed by atoms with Gasteiger partial charge < -0.3 is 9.74 Å². The fourth-order valence-corrected chi connectivity index (χ4v) is 2.37. The van der Waals surface area contributed by atoms with Gasteiger partial charge in [-0.3, -0.25) is 9.78 Å². The van der Waals surface area contributed by atoms with Crippen LogP contribution in [-0.4, -0.2) is 40.7 Å². The molecule has 1 amide bonds. The number of carbonyl (C=O) groups excluding carboxylic acids is 1. The van der Waals surface area contributed by atoms with Crippen LogP contribution in [0.5, 0.6) is 0 Å². The molecule has 0 spiro atoms. The standard InChI is InChI=1S/C17H23N3O2/c1-4-9-20(17(21)10-13(2)3)12-14-11-16(19-22-14)15-7-5-6-8-18-15/h4-8,13-14H,1,9-12H2,2-3H3/t14-/m0/s1. The Hall–Kier alpha value is -2.17. The van der Waals surface area contributed by atoms with E-state index in [-0.39, 0.29) is 12.0 Å². The number of amides is 1. The molecule has 0 radical (unpaired) electrons. The Morgan fingerprint density at radius 2 is 2.36 bits per heavy atom. The van der Waals surface area contributed by atoms with Crippen LogP contribution in [0.4, 0.5) is 0 Å². The van der Waals surface area contributed by atoms with Gasteiger partial charge in [-0.05, 0) is 18.1 Å². The molecule has 2 rings (SSSR count). The number of pyridine rings is 1. The summed E-state index contributed by atoms with van der Waals surface area (Å²) in [6.45, 7) is 8.86. The summed E-state index contributed by atoms with van der Waals surface area (Å²) in [4.78, 5) is 23.8. The molecule has 0 aliphatic carbocycles. The summed E-state index contributed by atoms with van der Waals surface area (Å²) in [5.41, 5.74) is 1.66. The fourth-order valence-electron chi connectivity index (χ4n) is 2.37. The molecule has 5 nitrogen and oxygen atoms in total. The minimum atomic E-state index is -0.118. The van der Waals surface area contributed by atoms with Crippen LogP contribution in [0.25, 0.3) is 0 Å². The van der Waals surface area contributed by atoms with Crippen molar-refractivity contribution in [2.45, 2.75) is 32.8 Å². The van der Waals surface area contributed by atoms with Crippen molar-refractivity contribution in [3.8, 4) is 0 Å². The van der Waals surface area contributed by atoms with Crippen molar-refractivity contribution in [1.82, 2.24) is 9.88 Å². The molecule has 0 N–H and O–H groups in total. The van der Waals surface area contributed by atoms with Gasteiger partial charge >= 0.3 is 0 Å². The first-order valence-electron chi connectivity index (χ1n) is 7.63. The number of aromatic nitrogens is 1. The molecule has 0 fully saturated rings. The molecule has 5 heteroatoms. The van der Waals surface area contributed by atoms with E-state index in [0.717, 1.165) is 11.4 Å². The molecule has 0 saturated carbocycles. The first-order chi connectivity index (χ1) is 10.6. The van der Waals surface area contributed by atoms with Crippen LogP contribution in [0.1, 0.15) is 32.4 Å². The largest absolute Gasteiger partial charge is 0.390 e. The van der Waals surface area contributed by atoms with Crippen LogP contribution in [0.2, 0.25) is 0 Å². The zero-order chi connectivity index (χ0) is 15.9. The summed E-state index contributed by atoms with van der Waals surface area (Å²) >= 11 is 0. The van der Waals surface area contributed by atoms with E-state index in [1.54, 1.807) is 17.2 Å². The summed E-state index contributed by atoms with van der Waals surface area (Å²) in [5.74, 6) is 0.467. The molecule has 0 aromatic carbocycles. The second-order valence-electron chi connectivity index (χ2n) is 5.87. The molecule has 1 atom stereocenters. The molecular formula is C17H23N3O2. The lowest BCUT2D eigenvalue weighted by molar-refractivity contribution is -0.133. The maximum atomic E-state index is 12.3. The van der Waals surface area contributed by atoms with E-state index in [0.29, 0.717) is 31.8 Å². The summed E-state index contributed by atoms with van der Waals surface area (Å²) in [5, 5.41) is 4.11. The van der Waals surface area contributed by atoms with Crippen LogP contribution in [0.15, 0.2) is 42.2 Å². The number of rotatable bonds is 7. The Kier molecular flexibility index (Phi) is 5.69. The van der Waals surface area contributed by atoms with E-state index >= 15 is 0 Å². The number of oxime groups is 1. The van der Waals surface area contributed by atoms with E-state index in [9.17, 15) is 4.79 Å². The topological polar surface area (TPSA) is 54.8 Å². The van der Waals surface area contributed by atoms with Gasteiger partial charge in [0, 0.05) is 25.6 Å². The summed E-state index contributed by atoms with van der Waals surface area (Å²) < 4.78 is 0. The van der Waals surface area contributed by atoms with Crippen molar-refractivity contribution in [2.75, 3.05) is 13.1 Å². The second-order valence-corrected chi connectivity index (χ2v) is 5.87. The van der Waals surface area contributed by atoms with Gasteiger partial charge in [-0.25, -0.2) is 0 Å². The van der Waals surface area contributed by atoms with Crippen LogP contribution in [0.3, 0.4) is 0 Å². The fraction of sp³-hybridized carbons (Fsp3) is 0.471. The zero-order valence-electron chi connectivity index (χ0n) is 13.2. The Morgan fingerprint density at radius 1 is 1.55 bits per heavy atom. The van der Waals surface area contributed by atoms with Crippen molar-refractivity contribution >= 4 is 11.6 Å². The molecule has 0 bridgehead atoms. The zero-order valence-corrected chi connectivity index (χ0v) is 13.2. The molecule has 118 valence electrons. The summed E-state index contributed by atoms with van der Waals surface area (Å²) in [6.07, 6.45) is 4.57. The summed E-state index contributed by atoms with van der Waals surface area (Å²) in [7, 11) is 0. The highest BCUT2D eigenvalue weighted by Gasteiger charge is 2.26. The van der Waals surface area contributed by atoms with E-state index in [1.807, 2.05) is 32.0 Å². The monoisotopic (exact) mass is 301 g/mol. The first-order valence-corrected chi connectivity index (χ1v) is 7.63. The van der Waals surface area contributed by atoms with Gasteiger partial charge in [-0.2, -0.15) is 0 Å². The van der Waals surface area contributed by atoms with Crippen LogP contribution in [-0.2, 0) is 9.63 Å². The smallest absolute Gasteiger partial charge is 0.223 e. The minimum absolute atomic E-state index is 0.118. The number of nitrogens with zero attached hydrogens (tertiary/aromatic N) is 3. The Bertz CT molecular complexity index is 540. The summed E-state index contributed by atoms with van der Waals surface area (Å²) in [6, 6.07) is 5.71. The van der Waals surface area contributed by atoms with Gasteiger partial charge in [0.1, 0.15) is 5.71 Å². The third-order valence-corrected chi connectivity index (χ3v) is 3.40. The van der Waals surface area contributed by atoms with Crippen LogP contribution < -0.4 is 0 Å². The molecule has 1 aliphatic heterocycles. The molecule has 1 aliphatic rings. The number of hydrogen-bond donors (Lipinski definition) is 0. The quantitative estimate of drug-likeness (QED) is 0.728. The lowest BCUT2D eigenvalue weighted by atomic mass is 10.1. The molecule has 22 heavy (non-hydrogen) atoms. The predicted octanol–water partition coefficient (Wildman–Crippen LogP) is 2.64. The maximum absolute atomic E-state index is 12.3. The Morgan fingerprint density at radius 3 is 3.00 bits per heavy atom. The van der Waals surface area contributed by atoms with Crippen molar-refractivity contribution in [2.24, 2.45) is 11.1 Å². The number of carbonyl (C=O) groups is 1. The van der Waals surface area contributed by atoms with Crippen molar-refractivity contribution in [1.29, 1.82) is 0 Å². The molecule has 0 unspecified atom stereocenters. The molecular weight excluding hydrogens is 278 g/mol. The normalized spacial score (nSPS) is 17.0. The highest BCUT2D eigenvalue weighted by molar-refractivity contribution is 5.99. The molecule has 0 saturated heterocycles. The Labute approximate surface area is 131 Å². The van der Waals surface area contributed by atoms with Gasteiger partial charge in [0.25, 0.3) is 0 Å². The number of hydrogen-bond acceptors (Lipinski definition) is 4. The van der Waals surface area contributed by atoms with Crippen molar-refractivity contribution in [3.63, 3.8) is 0 Å². The van der Waals surface area contributed by atoms with E-state index < -0.39 is 0 Å².